The largest absolute Gasteiger partial charge is 0.408 e. The Labute approximate surface area is 229 Å². The number of nitrogens with zero attached hydrogens (tertiary/aromatic N) is 5. The van der Waals surface area contributed by atoms with Gasteiger partial charge in [0.25, 0.3) is 5.91 Å². The summed E-state index contributed by atoms with van der Waals surface area (Å²) < 4.78 is 43.9. The number of fused-ring (bicyclic) bond motifs is 2. The molecule has 13 heteroatoms. The van der Waals surface area contributed by atoms with Gasteiger partial charge in [0, 0.05) is 36.8 Å². The van der Waals surface area contributed by atoms with Gasteiger partial charge >= 0.3 is 6.18 Å². The number of carbonyl (C=O) groups is 1. The molecule has 8 nitrogen and oxygen atoms in total. The van der Waals surface area contributed by atoms with Gasteiger partial charge in [-0.15, -0.1) is 35.0 Å². The summed E-state index contributed by atoms with van der Waals surface area (Å²) in [4.78, 5) is 18.8. The molecule has 1 saturated heterocycles. The van der Waals surface area contributed by atoms with Crippen LogP contribution < -0.4 is 11.1 Å². The van der Waals surface area contributed by atoms with E-state index in [1.54, 1.807) is 24.3 Å². The van der Waals surface area contributed by atoms with Crippen molar-refractivity contribution in [3.63, 3.8) is 0 Å². The van der Waals surface area contributed by atoms with Crippen LogP contribution in [0.3, 0.4) is 0 Å². The van der Waals surface area contributed by atoms with Crippen molar-refractivity contribution < 1.29 is 18.0 Å². The number of para-hydroxylation sites is 1. The average Bonchev–Trinajstić information content (AvgIpc) is 3.43. The number of nitrogens with two attached hydrogens (primary N) is 1. The normalized spacial score (nSPS) is 16.9. The van der Waals surface area contributed by atoms with E-state index in [4.69, 9.17) is 5.73 Å². The van der Waals surface area contributed by atoms with Gasteiger partial charge in [0.05, 0.1) is 11.1 Å². The van der Waals surface area contributed by atoms with E-state index in [1.807, 2.05) is 19.9 Å². The molecule has 38 heavy (non-hydrogen) atoms. The fourth-order valence-corrected chi connectivity index (χ4v) is 4.70. The molecule has 2 atom stereocenters. The van der Waals surface area contributed by atoms with E-state index in [9.17, 15) is 18.0 Å². The molecule has 0 radical (unpaired) electrons. The van der Waals surface area contributed by atoms with Crippen LogP contribution >= 0.6 is 24.8 Å². The Morgan fingerprint density at radius 1 is 1.11 bits per heavy atom. The standard InChI is InChI=1S/C25H26F3N7O.2ClH/c1-14(2)30-24(36)18-5-3-4-15-6-8-19(31-21(15)18)23-33-32-20-9-7-16(12-35(20)23)22(25(26,27)28)34-11-10-17(29)13-34;;/h3-9,12,14,17,22H,10-11,13,29H2,1-2H3,(H,30,36);2*1H/t17?,22-;;/m1../s1. The van der Waals surface area contributed by atoms with Crippen molar-refractivity contribution in [2.45, 2.75) is 44.6 Å². The number of aromatic nitrogens is 4. The van der Waals surface area contributed by atoms with E-state index in [-0.39, 0.29) is 67.3 Å². The summed E-state index contributed by atoms with van der Waals surface area (Å²) in [5.74, 6) is 0.0253. The Bertz CT molecular complexity index is 1440. The molecule has 1 aliphatic heterocycles. The van der Waals surface area contributed by atoms with Crippen molar-refractivity contribution in [2.75, 3.05) is 13.1 Å². The number of hydrogen-bond donors (Lipinski definition) is 2. The predicted molar refractivity (Wildman–Crippen MR) is 144 cm³/mol. The van der Waals surface area contributed by atoms with Gasteiger partial charge in [-0.25, -0.2) is 4.98 Å². The van der Waals surface area contributed by atoms with Gasteiger partial charge in [0.2, 0.25) is 0 Å². The molecule has 3 aromatic heterocycles. The number of rotatable bonds is 5. The summed E-state index contributed by atoms with van der Waals surface area (Å²) in [5.41, 5.74) is 7.62. The summed E-state index contributed by atoms with van der Waals surface area (Å²) in [6.45, 7) is 4.17. The van der Waals surface area contributed by atoms with Gasteiger partial charge in [-0.2, -0.15) is 13.2 Å². The Kier molecular flexibility index (Phi) is 8.87. The number of pyridine rings is 2. The molecule has 0 aliphatic carbocycles. The molecular weight excluding hydrogens is 542 g/mol. The molecule has 0 saturated carbocycles. The summed E-state index contributed by atoms with van der Waals surface area (Å²) in [6.07, 6.45) is -2.55. The predicted octanol–water partition coefficient (Wildman–Crippen LogP) is 4.56. The lowest BCUT2D eigenvalue weighted by Gasteiger charge is -2.30. The zero-order chi connectivity index (χ0) is 25.6. The van der Waals surface area contributed by atoms with E-state index in [1.165, 1.54) is 27.6 Å². The summed E-state index contributed by atoms with van der Waals surface area (Å²) in [6, 6.07) is 9.64. The molecule has 5 rings (SSSR count). The lowest BCUT2D eigenvalue weighted by atomic mass is 10.1. The first-order valence-electron chi connectivity index (χ1n) is 11.7. The zero-order valence-corrected chi connectivity index (χ0v) is 22.3. The number of likely N-dealkylation sites (tertiary alicyclic amines) is 1. The fourth-order valence-electron chi connectivity index (χ4n) is 4.70. The second-order valence-electron chi connectivity index (χ2n) is 9.40. The van der Waals surface area contributed by atoms with Crippen LogP contribution in [0, 0.1) is 0 Å². The summed E-state index contributed by atoms with van der Waals surface area (Å²) >= 11 is 0. The highest BCUT2D eigenvalue weighted by Gasteiger charge is 2.46. The molecule has 1 aromatic carbocycles. The highest BCUT2D eigenvalue weighted by Crippen LogP contribution is 2.39. The SMILES string of the molecule is CC(C)NC(=O)c1cccc2ccc(-c3nnc4ccc([C@@H](N5CCC(N)C5)C(F)(F)F)cn34)nc12.Cl.Cl. The van der Waals surface area contributed by atoms with E-state index in [0.717, 1.165) is 5.39 Å². The molecule has 204 valence electrons. The van der Waals surface area contributed by atoms with Crippen LogP contribution in [0.5, 0.6) is 0 Å². The maximum atomic E-state index is 14.1. The third-order valence-corrected chi connectivity index (χ3v) is 6.29. The van der Waals surface area contributed by atoms with Crippen molar-refractivity contribution in [3.05, 3.63) is 59.8 Å². The molecule has 0 bridgehead atoms. The lowest BCUT2D eigenvalue weighted by Crippen LogP contribution is -2.38. The van der Waals surface area contributed by atoms with Gasteiger partial charge in [0.1, 0.15) is 11.7 Å². The monoisotopic (exact) mass is 569 g/mol. The van der Waals surface area contributed by atoms with Crippen molar-refractivity contribution in [2.24, 2.45) is 5.73 Å². The minimum atomic E-state index is -4.48. The third kappa shape index (κ3) is 5.70. The molecule has 4 aromatic rings. The van der Waals surface area contributed by atoms with Gasteiger partial charge in [-0.1, -0.05) is 24.3 Å². The van der Waals surface area contributed by atoms with Gasteiger partial charge < -0.3 is 11.1 Å². The minimum Gasteiger partial charge on any atom is -0.350 e. The topological polar surface area (TPSA) is 101 Å². The van der Waals surface area contributed by atoms with E-state index in [2.05, 4.69) is 20.5 Å². The Balaban J connectivity index is 0.00000200. The van der Waals surface area contributed by atoms with Crippen LogP contribution in [0.1, 0.15) is 42.2 Å². The number of hydrogen-bond acceptors (Lipinski definition) is 6. The van der Waals surface area contributed by atoms with Gasteiger partial charge in [-0.3, -0.25) is 14.1 Å². The van der Waals surface area contributed by atoms with Crippen LogP contribution in [0.4, 0.5) is 13.2 Å². The summed E-state index contributed by atoms with van der Waals surface area (Å²) in [7, 11) is 0. The molecule has 1 aliphatic rings. The minimum absolute atomic E-state index is 0. The van der Waals surface area contributed by atoms with Gasteiger partial charge in [-0.05, 0) is 44.0 Å². The van der Waals surface area contributed by atoms with Crippen molar-refractivity contribution in [1.29, 1.82) is 0 Å². The number of benzene rings is 1. The number of nitrogens with one attached hydrogen (secondary N) is 1. The van der Waals surface area contributed by atoms with Crippen LogP contribution in [-0.4, -0.2) is 61.7 Å². The molecule has 1 unspecified atom stereocenters. The maximum Gasteiger partial charge on any atom is 0.408 e. The Morgan fingerprint density at radius 2 is 1.87 bits per heavy atom. The van der Waals surface area contributed by atoms with Crippen LogP contribution in [0.15, 0.2) is 48.7 Å². The van der Waals surface area contributed by atoms with Crippen LogP contribution in [-0.2, 0) is 0 Å². The highest BCUT2D eigenvalue weighted by molar-refractivity contribution is 6.05. The number of halogens is 5. The smallest absolute Gasteiger partial charge is 0.350 e. The third-order valence-electron chi connectivity index (χ3n) is 6.29. The quantitative estimate of drug-likeness (QED) is 0.365. The second-order valence-corrected chi connectivity index (χ2v) is 9.40. The first kappa shape index (κ1) is 29.6. The van der Waals surface area contributed by atoms with Gasteiger partial charge in [0.15, 0.2) is 11.5 Å². The highest BCUT2D eigenvalue weighted by atomic mass is 35.5. The molecule has 0 spiro atoms. The number of alkyl halides is 3. The molecule has 1 fully saturated rings. The molecule has 1 amide bonds. The zero-order valence-electron chi connectivity index (χ0n) is 20.6. The first-order chi connectivity index (χ1) is 17.1. The first-order valence-corrected chi connectivity index (χ1v) is 11.7. The van der Waals surface area contributed by atoms with E-state index < -0.39 is 12.2 Å². The number of carbonyl (C=O) groups excluding carboxylic acids is 1. The van der Waals surface area contributed by atoms with Crippen molar-refractivity contribution in [1.82, 2.24) is 29.8 Å². The van der Waals surface area contributed by atoms with Crippen molar-refractivity contribution >= 4 is 47.3 Å². The number of amides is 1. The van der Waals surface area contributed by atoms with Crippen molar-refractivity contribution in [3.8, 4) is 11.5 Å². The van der Waals surface area contributed by atoms with Crippen LogP contribution in [0.25, 0.3) is 28.1 Å². The second kappa shape index (κ2) is 11.4. The van der Waals surface area contributed by atoms with E-state index >= 15 is 0 Å². The maximum absolute atomic E-state index is 14.1. The van der Waals surface area contributed by atoms with Crippen LogP contribution in [0.2, 0.25) is 0 Å². The average molecular weight is 570 g/mol. The Morgan fingerprint density at radius 3 is 2.53 bits per heavy atom. The Hall–Kier alpha value is -2.99. The fraction of sp³-hybridized carbons (Fsp3) is 0.360. The summed E-state index contributed by atoms with van der Waals surface area (Å²) in [5, 5.41) is 11.9. The molecular formula is C25H28Cl2F3N7O. The molecule has 3 N–H and O–H groups in total. The van der Waals surface area contributed by atoms with E-state index in [0.29, 0.717) is 28.8 Å². The molecule has 4 heterocycles. The lowest BCUT2D eigenvalue weighted by molar-refractivity contribution is -0.183.